The molecule has 0 bridgehead atoms. The van der Waals surface area contributed by atoms with Gasteiger partial charge in [0.15, 0.2) is 0 Å². The number of rotatable bonds is 7. The molecule has 0 saturated carbocycles. The Morgan fingerprint density at radius 1 is 1.07 bits per heavy atom. The van der Waals surface area contributed by atoms with E-state index in [1.54, 1.807) is 37.5 Å². The van der Waals surface area contributed by atoms with Crippen LogP contribution < -0.4 is 10.1 Å². The van der Waals surface area contributed by atoms with Gasteiger partial charge in [-0.1, -0.05) is 18.2 Å². The molecule has 7 heteroatoms. The summed E-state index contributed by atoms with van der Waals surface area (Å²) in [4.78, 5) is 37.2. The van der Waals surface area contributed by atoms with Crippen molar-refractivity contribution in [3.05, 3.63) is 65.7 Å². The first kappa shape index (κ1) is 20.7. The second-order valence-electron chi connectivity index (χ2n) is 5.92. The van der Waals surface area contributed by atoms with Crippen molar-refractivity contribution in [2.45, 2.75) is 0 Å². The zero-order chi connectivity index (χ0) is 20.5. The van der Waals surface area contributed by atoms with Gasteiger partial charge in [0.2, 0.25) is 11.8 Å². The molecule has 0 fully saturated rings. The summed E-state index contributed by atoms with van der Waals surface area (Å²) in [5.74, 6) is -0.503. The average molecular weight is 382 g/mol. The number of esters is 1. The van der Waals surface area contributed by atoms with Gasteiger partial charge in [-0.25, -0.2) is 4.79 Å². The SMILES string of the molecule is COC(=O)c1cccc(NC(=O)CN(C)C(=O)/C=C/c2cccc(OC)c2)c1. The van der Waals surface area contributed by atoms with Crippen LogP contribution in [0, 0.1) is 0 Å². The maximum absolute atomic E-state index is 12.2. The lowest BCUT2D eigenvalue weighted by Gasteiger charge is -2.15. The molecule has 0 heterocycles. The number of anilines is 1. The van der Waals surface area contributed by atoms with Crippen molar-refractivity contribution < 1.29 is 23.9 Å². The van der Waals surface area contributed by atoms with Crippen LogP contribution in [0.5, 0.6) is 5.75 Å². The molecule has 2 aromatic carbocycles. The summed E-state index contributed by atoms with van der Waals surface area (Å²) >= 11 is 0. The van der Waals surface area contributed by atoms with Crippen molar-refractivity contribution in [3.8, 4) is 5.75 Å². The minimum absolute atomic E-state index is 0.135. The molecule has 2 rings (SSSR count). The van der Waals surface area contributed by atoms with Gasteiger partial charge in [-0.2, -0.15) is 0 Å². The second-order valence-corrected chi connectivity index (χ2v) is 5.92. The molecule has 0 saturated heterocycles. The third-order valence-electron chi connectivity index (χ3n) is 3.84. The number of benzene rings is 2. The Bertz CT molecular complexity index is 892. The van der Waals surface area contributed by atoms with Gasteiger partial charge in [0.05, 0.1) is 26.3 Å². The number of amides is 2. The van der Waals surface area contributed by atoms with E-state index in [1.165, 1.54) is 31.2 Å². The van der Waals surface area contributed by atoms with E-state index in [-0.39, 0.29) is 18.4 Å². The molecular weight excluding hydrogens is 360 g/mol. The van der Waals surface area contributed by atoms with Gasteiger partial charge < -0.3 is 19.7 Å². The minimum Gasteiger partial charge on any atom is -0.497 e. The normalized spacial score (nSPS) is 10.4. The molecule has 0 aliphatic carbocycles. The molecule has 0 spiro atoms. The van der Waals surface area contributed by atoms with Crippen LogP contribution in [0.3, 0.4) is 0 Å². The second kappa shape index (κ2) is 9.91. The lowest BCUT2D eigenvalue weighted by molar-refractivity contribution is -0.129. The van der Waals surface area contributed by atoms with E-state index in [2.05, 4.69) is 10.1 Å². The first-order valence-electron chi connectivity index (χ1n) is 8.48. The van der Waals surface area contributed by atoms with Crippen molar-refractivity contribution in [2.24, 2.45) is 0 Å². The van der Waals surface area contributed by atoms with E-state index in [0.29, 0.717) is 17.0 Å². The monoisotopic (exact) mass is 382 g/mol. The molecule has 0 atom stereocenters. The fourth-order valence-corrected chi connectivity index (χ4v) is 2.38. The van der Waals surface area contributed by atoms with E-state index in [0.717, 1.165) is 5.56 Å². The Kier molecular flexibility index (Phi) is 7.33. The number of carbonyl (C=O) groups excluding carboxylic acids is 3. The van der Waals surface area contributed by atoms with Crippen LogP contribution in [0.1, 0.15) is 15.9 Å². The van der Waals surface area contributed by atoms with Crippen LogP contribution in [-0.4, -0.2) is 50.5 Å². The zero-order valence-electron chi connectivity index (χ0n) is 16.0. The number of nitrogens with zero attached hydrogens (tertiary/aromatic N) is 1. The highest BCUT2D eigenvalue weighted by molar-refractivity contribution is 5.98. The number of hydrogen-bond acceptors (Lipinski definition) is 5. The number of carbonyl (C=O) groups is 3. The fraction of sp³-hybridized carbons (Fsp3) is 0.190. The van der Waals surface area contributed by atoms with Crippen LogP contribution in [-0.2, 0) is 14.3 Å². The summed E-state index contributed by atoms with van der Waals surface area (Å²) in [5.41, 5.74) is 1.58. The van der Waals surface area contributed by atoms with Crippen LogP contribution in [0.15, 0.2) is 54.6 Å². The molecular formula is C21H22N2O5. The summed E-state index contributed by atoms with van der Waals surface area (Å²) in [6.45, 7) is -0.135. The standard InChI is InChI=1S/C21H22N2O5/c1-23(20(25)11-10-15-6-4-9-18(12-15)27-2)14-19(24)22-17-8-5-7-16(13-17)21(26)28-3/h4-13H,14H2,1-3H3,(H,22,24)/b11-10+. The third-order valence-corrected chi connectivity index (χ3v) is 3.84. The summed E-state index contributed by atoms with van der Waals surface area (Å²) < 4.78 is 9.79. The fourth-order valence-electron chi connectivity index (χ4n) is 2.38. The Labute approximate surface area is 163 Å². The molecule has 2 amide bonds. The van der Waals surface area contributed by atoms with Gasteiger partial charge in [-0.05, 0) is 42.0 Å². The number of hydrogen-bond donors (Lipinski definition) is 1. The van der Waals surface area contributed by atoms with Crippen molar-refractivity contribution in [2.75, 3.05) is 33.1 Å². The lowest BCUT2D eigenvalue weighted by atomic mass is 10.2. The smallest absolute Gasteiger partial charge is 0.337 e. The van der Waals surface area contributed by atoms with E-state index < -0.39 is 5.97 Å². The maximum Gasteiger partial charge on any atom is 0.337 e. The lowest BCUT2D eigenvalue weighted by Crippen LogP contribution is -2.33. The summed E-state index contributed by atoms with van der Waals surface area (Å²) in [5, 5.41) is 2.65. The van der Waals surface area contributed by atoms with Crippen LogP contribution in [0.2, 0.25) is 0 Å². The first-order chi connectivity index (χ1) is 13.4. The molecule has 28 heavy (non-hydrogen) atoms. The highest BCUT2D eigenvalue weighted by Crippen LogP contribution is 2.14. The van der Waals surface area contributed by atoms with Gasteiger partial charge >= 0.3 is 5.97 Å². The summed E-state index contributed by atoms with van der Waals surface area (Å²) in [6.07, 6.45) is 3.04. The van der Waals surface area contributed by atoms with Crippen LogP contribution in [0.25, 0.3) is 6.08 Å². The van der Waals surface area contributed by atoms with Crippen molar-refractivity contribution >= 4 is 29.5 Å². The Morgan fingerprint density at radius 2 is 1.82 bits per heavy atom. The molecule has 146 valence electrons. The predicted molar refractivity (Wildman–Crippen MR) is 106 cm³/mol. The third kappa shape index (κ3) is 5.98. The summed E-state index contributed by atoms with van der Waals surface area (Å²) in [7, 11) is 4.39. The quantitative estimate of drug-likeness (QED) is 0.588. The maximum atomic E-state index is 12.2. The Morgan fingerprint density at radius 3 is 2.54 bits per heavy atom. The summed E-state index contributed by atoms with van der Waals surface area (Å²) in [6, 6.07) is 13.6. The first-order valence-corrected chi connectivity index (χ1v) is 8.48. The highest BCUT2D eigenvalue weighted by atomic mass is 16.5. The van der Waals surface area contributed by atoms with Crippen molar-refractivity contribution in [1.29, 1.82) is 0 Å². The van der Waals surface area contributed by atoms with Gasteiger partial charge in [-0.3, -0.25) is 9.59 Å². The molecule has 7 nitrogen and oxygen atoms in total. The number of likely N-dealkylation sites (N-methyl/N-ethyl adjacent to an activating group) is 1. The zero-order valence-corrected chi connectivity index (χ0v) is 16.0. The number of ether oxygens (including phenoxy) is 2. The number of nitrogens with one attached hydrogen (secondary N) is 1. The van der Waals surface area contributed by atoms with E-state index in [9.17, 15) is 14.4 Å². The average Bonchev–Trinajstić information content (AvgIpc) is 2.71. The molecule has 0 aliphatic rings. The van der Waals surface area contributed by atoms with E-state index in [4.69, 9.17) is 4.74 Å². The molecule has 0 aromatic heterocycles. The van der Waals surface area contributed by atoms with Gasteiger partial charge in [0.1, 0.15) is 5.75 Å². The van der Waals surface area contributed by atoms with Gasteiger partial charge in [-0.15, -0.1) is 0 Å². The Hall–Kier alpha value is -3.61. The van der Waals surface area contributed by atoms with E-state index in [1.807, 2.05) is 18.2 Å². The van der Waals surface area contributed by atoms with Crippen LogP contribution >= 0.6 is 0 Å². The van der Waals surface area contributed by atoms with Crippen molar-refractivity contribution in [3.63, 3.8) is 0 Å². The number of methoxy groups -OCH3 is 2. The predicted octanol–water partition coefficient (Wildman–Crippen LogP) is 2.59. The molecule has 2 aromatic rings. The molecule has 1 N–H and O–H groups in total. The molecule has 0 radical (unpaired) electrons. The van der Waals surface area contributed by atoms with Gasteiger partial charge in [0.25, 0.3) is 0 Å². The Balaban J connectivity index is 1.93. The van der Waals surface area contributed by atoms with E-state index >= 15 is 0 Å². The van der Waals surface area contributed by atoms with Crippen LogP contribution in [0.4, 0.5) is 5.69 Å². The highest BCUT2D eigenvalue weighted by Gasteiger charge is 2.12. The topological polar surface area (TPSA) is 84.9 Å². The minimum atomic E-state index is -0.494. The molecule has 0 aliphatic heterocycles. The largest absolute Gasteiger partial charge is 0.497 e. The van der Waals surface area contributed by atoms with Gasteiger partial charge in [0, 0.05) is 18.8 Å². The van der Waals surface area contributed by atoms with Crippen molar-refractivity contribution in [1.82, 2.24) is 4.90 Å². The molecule has 0 unspecified atom stereocenters.